The van der Waals surface area contributed by atoms with E-state index in [-0.39, 0.29) is 5.57 Å². The average Bonchev–Trinajstić information content (AvgIpc) is 3.15. The van der Waals surface area contributed by atoms with Crippen molar-refractivity contribution in [1.82, 2.24) is 0 Å². The Balaban J connectivity index is 2.29. The third kappa shape index (κ3) is 3.45. The summed E-state index contributed by atoms with van der Waals surface area (Å²) in [6.07, 6.45) is 1.23. The number of thiophene rings is 1. The Hall–Kier alpha value is -3.35. The standard InChI is InChI=1S/C19H14N4OS/c1-23(2)15-6-5-14-8-16(18-4-3-7-25-18)19(24-17(14)9-15)22-12-13(10-20)11-21/h3-9,12H,1-2H3. The van der Waals surface area contributed by atoms with Crippen molar-refractivity contribution in [2.75, 3.05) is 19.0 Å². The Morgan fingerprint density at radius 2 is 2.00 bits per heavy atom. The molecule has 0 unspecified atom stereocenters. The lowest BCUT2D eigenvalue weighted by atomic mass is 10.1. The summed E-state index contributed by atoms with van der Waals surface area (Å²) >= 11 is 1.57. The fraction of sp³-hybridized carbons (Fsp3) is 0.105. The Labute approximate surface area is 149 Å². The molecule has 0 fully saturated rings. The molecule has 1 aromatic carbocycles. The summed E-state index contributed by atoms with van der Waals surface area (Å²) in [6.45, 7) is 0. The molecule has 2 heterocycles. The van der Waals surface area contributed by atoms with Crippen LogP contribution in [0.15, 0.2) is 63.0 Å². The van der Waals surface area contributed by atoms with E-state index >= 15 is 0 Å². The molecule has 25 heavy (non-hydrogen) atoms. The Kier molecular flexibility index (Phi) is 4.65. The van der Waals surface area contributed by atoms with E-state index in [1.807, 2.05) is 60.8 Å². The van der Waals surface area contributed by atoms with Crippen LogP contribution < -0.4 is 10.5 Å². The predicted octanol–water partition coefficient (Wildman–Crippen LogP) is 4.06. The normalized spacial score (nSPS) is 11.0. The lowest BCUT2D eigenvalue weighted by Crippen LogP contribution is -2.09. The maximum Gasteiger partial charge on any atom is 0.228 e. The van der Waals surface area contributed by atoms with Crippen molar-refractivity contribution in [3.63, 3.8) is 0 Å². The van der Waals surface area contributed by atoms with Crippen molar-refractivity contribution < 1.29 is 4.42 Å². The zero-order chi connectivity index (χ0) is 17.8. The van der Waals surface area contributed by atoms with Crippen LogP contribution in [-0.2, 0) is 0 Å². The molecule has 0 amide bonds. The summed E-state index contributed by atoms with van der Waals surface area (Å²) < 4.78 is 6.00. The first-order valence-corrected chi connectivity index (χ1v) is 8.33. The van der Waals surface area contributed by atoms with Gasteiger partial charge in [0.15, 0.2) is 0 Å². The molecule has 0 spiro atoms. The smallest absolute Gasteiger partial charge is 0.228 e. The van der Waals surface area contributed by atoms with Crippen LogP contribution in [0.5, 0.6) is 0 Å². The van der Waals surface area contributed by atoms with Crippen LogP contribution in [0.2, 0.25) is 0 Å². The second kappa shape index (κ2) is 7.04. The Morgan fingerprint density at radius 1 is 1.20 bits per heavy atom. The highest BCUT2D eigenvalue weighted by Crippen LogP contribution is 2.27. The van der Waals surface area contributed by atoms with Gasteiger partial charge in [0.05, 0.1) is 11.8 Å². The molecule has 6 heteroatoms. The van der Waals surface area contributed by atoms with Crippen molar-refractivity contribution in [1.29, 1.82) is 10.5 Å². The minimum absolute atomic E-state index is 0.0746. The lowest BCUT2D eigenvalue weighted by Gasteiger charge is -2.12. The quantitative estimate of drug-likeness (QED) is 0.670. The molecule has 122 valence electrons. The SMILES string of the molecule is CN(C)c1ccc2cc(-c3cccs3)c(=NC=C(C#N)C#N)oc2c1. The zero-order valence-corrected chi connectivity index (χ0v) is 14.5. The van der Waals surface area contributed by atoms with Gasteiger partial charge in [0.1, 0.15) is 23.3 Å². The van der Waals surface area contributed by atoms with E-state index in [4.69, 9.17) is 14.9 Å². The minimum Gasteiger partial charge on any atom is -0.438 e. The van der Waals surface area contributed by atoms with Crippen LogP contribution in [0.4, 0.5) is 5.69 Å². The van der Waals surface area contributed by atoms with Gasteiger partial charge in [-0.2, -0.15) is 10.5 Å². The van der Waals surface area contributed by atoms with Gasteiger partial charge >= 0.3 is 0 Å². The lowest BCUT2D eigenvalue weighted by molar-refractivity contribution is 0.547. The fourth-order valence-corrected chi connectivity index (χ4v) is 3.03. The highest BCUT2D eigenvalue weighted by atomic mass is 32.1. The molecular formula is C19H14N4OS. The molecular weight excluding hydrogens is 332 g/mol. The third-order valence-electron chi connectivity index (χ3n) is 3.59. The highest BCUT2D eigenvalue weighted by molar-refractivity contribution is 7.13. The monoisotopic (exact) mass is 346 g/mol. The van der Waals surface area contributed by atoms with Crippen LogP contribution in [0.25, 0.3) is 21.4 Å². The number of benzene rings is 1. The van der Waals surface area contributed by atoms with E-state index in [0.29, 0.717) is 11.1 Å². The number of fused-ring (bicyclic) bond motifs is 1. The van der Waals surface area contributed by atoms with Crippen molar-refractivity contribution in [3.05, 3.63) is 59.1 Å². The molecule has 5 nitrogen and oxygen atoms in total. The number of rotatable bonds is 3. The number of nitrogens with zero attached hydrogens (tertiary/aromatic N) is 4. The van der Waals surface area contributed by atoms with E-state index < -0.39 is 0 Å². The van der Waals surface area contributed by atoms with Gasteiger partial charge in [0, 0.05) is 36.1 Å². The summed E-state index contributed by atoms with van der Waals surface area (Å²) in [5.74, 6) is 0. The number of hydrogen-bond donors (Lipinski definition) is 0. The number of allylic oxidation sites excluding steroid dienone is 1. The van der Waals surface area contributed by atoms with Gasteiger partial charge in [-0.05, 0) is 29.6 Å². The van der Waals surface area contributed by atoms with Crippen LogP contribution in [0, 0.1) is 22.7 Å². The van der Waals surface area contributed by atoms with Crippen LogP contribution in [0.1, 0.15) is 0 Å². The van der Waals surface area contributed by atoms with Gasteiger partial charge in [0.25, 0.3) is 0 Å². The molecule has 3 aromatic rings. The third-order valence-corrected chi connectivity index (χ3v) is 4.49. The molecule has 0 aliphatic heterocycles. The van der Waals surface area contributed by atoms with Crippen molar-refractivity contribution >= 4 is 28.0 Å². The van der Waals surface area contributed by atoms with Gasteiger partial charge in [-0.25, -0.2) is 4.99 Å². The molecule has 3 rings (SSSR count). The van der Waals surface area contributed by atoms with Gasteiger partial charge < -0.3 is 9.32 Å². The largest absolute Gasteiger partial charge is 0.438 e. The number of nitriles is 2. The van der Waals surface area contributed by atoms with Crippen LogP contribution in [0.3, 0.4) is 0 Å². The molecule has 0 aliphatic rings. The first-order valence-electron chi connectivity index (χ1n) is 7.45. The zero-order valence-electron chi connectivity index (χ0n) is 13.7. The second-order valence-corrected chi connectivity index (χ2v) is 6.40. The molecule has 0 atom stereocenters. The fourth-order valence-electron chi connectivity index (χ4n) is 2.30. The second-order valence-electron chi connectivity index (χ2n) is 5.45. The minimum atomic E-state index is -0.0746. The first kappa shape index (κ1) is 16.5. The molecule has 0 radical (unpaired) electrons. The number of hydrogen-bond acceptors (Lipinski definition) is 6. The average molecular weight is 346 g/mol. The van der Waals surface area contributed by atoms with E-state index in [9.17, 15) is 0 Å². The van der Waals surface area contributed by atoms with E-state index in [1.165, 1.54) is 6.20 Å². The Bertz CT molecular complexity index is 1080. The summed E-state index contributed by atoms with van der Waals surface area (Å²) in [7, 11) is 3.92. The van der Waals surface area contributed by atoms with Gasteiger partial charge in [-0.1, -0.05) is 6.07 Å². The Morgan fingerprint density at radius 3 is 2.64 bits per heavy atom. The molecule has 0 N–H and O–H groups in total. The van der Waals surface area contributed by atoms with Gasteiger partial charge in [-0.15, -0.1) is 11.3 Å². The summed E-state index contributed by atoms with van der Waals surface area (Å²) in [5.41, 5.74) is 2.82. The van der Waals surface area contributed by atoms with E-state index in [2.05, 4.69) is 4.99 Å². The van der Waals surface area contributed by atoms with Crippen LogP contribution >= 0.6 is 11.3 Å². The molecule has 0 bridgehead atoms. The molecule has 2 aromatic heterocycles. The van der Waals surface area contributed by atoms with Crippen LogP contribution in [-0.4, -0.2) is 14.1 Å². The number of anilines is 1. The van der Waals surface area contributed by atoms with Crippen molar-refractivity contribution in [2.24, 2.45) is 4.99 Å². The topological polar surface area (TPSA) is 76.3 Å². The predicted molar refractivity (Wildman–Crippen MR) is 98.7 cm³/mol. The highest BCUT2D eigenvalue weighted by Gasteiger charge is 2.08. The van der Waals surface area contributed by atoms with Gasteiger partial charge in [0.2, 0.25) is 5.55 Å². The summed E-state index contributed by atoms with van der Waals surface area (Å²) in [4.78, 5) is 7.24. The first-order chi connectivity index (χ1) is 12.1. The molecule has 0 saturated carbocycles. The summed E-state index contributed by atoms with van der Waals surface area (Å²) in [6, 6.07) is 15.5. The van der Waals surface area contributed by atoms with E-state index in [1.54, 1.807) is 23.5 Å². The van der Waals surface area contributed by atoms with E-state index in [0.717, 1.165) is 21.5 Å². The summed E-state index contributed by atoms with van der Waals surface area (Å²) in [5, 5.41) is 20.7. The van der Waals surface area contributed by atoms with Gasteiger partial charge in [-0.3, -0.25) is 0 Å². The van der Waals surface area contributed by atoms with Crippen molar-refractivity contribution in [3.8, 4) is 22.6 Å². The van der Waals surface area contributed by atoms with Crippen molar-refractivity contribution in [2.45, 2.75) is 0 Å². The maximum atomic E-state index is 8.89. The molecule has 0 aliphatic carbocycles. The maximum absolute atomic E-state index is 8.89. The molecule has 0 saturated heterocycles.